The molecule has 2 N–H and O–H groups in total. The number of amides is 1. The summed E-state index contributed by atoms with van der Waals surface area (Å²) in [5.41, 5.74) is 7.03. The number of nitrogen functional groups attached to an aromatic ring is 1. The minimum atomic E-state index is -0.481. The van der Waals surface area contributed by atoms with Gasteiger partial charge in [0.2, 0.25) is 5.91 Å². The summed E-state index contributed by atoms with van der Waals surface area (Å²) in [6.07, 6.45) is 4.84. The van der Waals surface area contributed by atoms with Gasteiger partial charge in [0.05, 0.1) is 5.41 Å². The molecule has 0 aliphatic carbocycles. The van der Waals surface area contributed by atoms with Crippen molar-refractivity contribution in [1.29, 1.82) is 0 Å². The average molecular weight is 288 g/mol. The van der Waals surface area contributed by atoms with Crippen LogP contribution in [-0.4, -0.2) is 23.9 Å². The van der Waals surface area contributed by atoms with Crippen molar-refractivity contribution in [2.24, 2.45) is 5.92 Å². The third kappa shape index (κ3) is 3.58. The first kappa shape index (κ1) is 15.9. The summed E-state index contributed by atoms with van der Waals surface area (Å²) in [4.78, 5) is 14.9. The van der Waals surface area contributed by atoms with Gasteiger partial charge < -0.3 is 10.6 Å². The lowest BCUT2D eigenvalue weighted by atomic mass is 9.82. The number of carbonyl (C=O) groups is 1. The molecule has 1 aromatic carbocycles. The average Bonchev–Trinajstić information content (AvgIpc) is 2.48. The summed E-state index contributed by atoms with van der Waals surface area (Å²) >= 11 is 0. The van der Waals surface area contributed by atoms with E-state index in [1.165, 1.54) is 12.8 Å². The number of rotatable bonds is 4. The second-order valence-electron chi connectivity index (χ2n) is 6.77. The van der Waals surface area contributed by atoms with E-state index in [2.05, 4.69) is 6.92 Å². The fourth-order valence-electron chi connectivity index (χ4n) is 3.25. The maximum Gasteiger partial charge on any atom is 0.232 e. The number of nitrogens with zero attached hydrogens (tertiary/aromatic N) is 1. The van der Waals surface area contributed by atoms with Gasteiger partial charge in [-0.1, -0.05) is 31.9 Å². The number of piperidine rings is 1. The van der Waals surface area contributed by atoms with E-state index in [4.69, 9.17) is 5.73 Å². The molecule has 1 fully saturated rings. The summed E-state index contributed by atoms with van der Waals surface area (Å²) in [5, 5.41) is 0. The van der Waals surface area contributed by atoms with Crippen LogP contribution in [0.3, 0.4) is 0 Å². The van der Waals surface area contributed by atoms with Crippen LogP contribution >= 0.6 is 0 Å². The highest BCUT2D eigenvalue weighted by Gasteiger charge is 2.35. The molecule has 2 rings (SSSR count). The molecule has 0 radical (unpaired) electrons. The first-order valence-electron chi connectivity index (χ1n) is 8.10. The lowest BCUT2D eigenvalue weighted by Gasteiger charge is -2.37. The third-order valence-corrected chi connectivity index (χ3v) is 4.77. The van der Waals surface area contributed by atoms with Gasteiger partial charge >= 0.3 is 0 Å². The zero-order valence-corrected chi connectivity index (χ0v) is 13.6. The minimum Gasteiger partial charge on any atom is -0.399 e. The monoisotopic (exact) mass is 288 g/mol. The van der Waals surface area contributed by atoms with E-state index < -0.39 is 5.41 Å². The van der Waals surface area contributed by atoms with Gasteiger partial charge in [-0.05, 0) is 50.3 Å². The first-order chi connectivity index (χ1) is 9.95. The molecule has 3 heteroatoms. The summed E-state index contributed by atoms with van der Waals surface area (Å²) in [6.45, 7) is 8.07. The molecule has 0 atom stereocenters. The van der Waals surface area contributed by atoms with Crippen LogP contribution in [0, 0.1) is 5.92 Å². The van der Waals surface area contributed by atoms with Crippen LogP contribution in [0.5, 0.6) is 0 Å². The highest BCUT2D eigenvalue weighted by molar-refractivity contribution is 5.87. The normalized spacial score (nSPS) is 17.0. The van der Waals surface area contributed by atoms with Gasteiger partial charge in [0.25, 0.3) is 0 Å². The van der Waals surface area contributed by atoms with Crippen molar-refractivity contribution in [1.82, 2.24) is 4.90 Å². The second-order valence-corrected chi connectivity index (χ2v) is 6.77. The number of hydrogen-bond donors (Lipinski definition) is 1. The van der Waals surface area contributed by atoms with Gasteiger partial charge in [-0.15, -0.1) is 0 Å². The molecule has 1 amide bonds. The van der Waals surface area contributed by atoms with Crippen molar-refractivity contribution in [3.63, 3.8) is 0 Å². The van der Waals surface area contributed by atoms with Crippen LogP contribution in [0.25, 0.3) is 0 Å². The molecule has 0 aromatic heterocycles. The minimum absolute atomic E-state index is 0.238. The predicted octanol–water partition coefficient (Wildman–Crippen LogP) is 3.59. The number of carbonyl (C=O) groups excluding carboxylic acids is 1. The molecule has 0 unspecified atom stereocenters. The van der Waals surface area contributed by atoms with Crippen molar-refractivity contribution in [2.75, 3.05) is 18.8 Å². The maximum atomic E-state index is 12.9. The second kappa shape index (κ2) is 6.50. The van der Waals surface area contributed by atoms with E-state index in [9.17, 15) is 4.79 Å². The van der Waals surface area contributed by atoms with E-state index in [1.807, 2.05) is 43.0 Å². The van der Waals surface area contributed by atoms with E-state index >= 15 is 0 Å². The van der Waals surface area contributed by atoms with Gasteiger partial charge in [-0.2, -0.15) is 0 Å². The van der Waals surface area contributed by atoms with Gasteiger partial charge in [-0.25, -0.2) is 0 Å². The van der Waals surface area contributed by atoms with E-state index in [0.717, 1.165) is 43.1 Å². The van der Waals surface area contributed by atoms with Crippen molar-refractivity contribution in [2.45, 2.75) is 51.9 Å². The smallest absolute Gasteiger partial charge is 0.232 e. The molecule has 3 nitrogen and oxygen atoms in total. The van der Waals surface area contributed by atoms with Crippen LogP contribution in [0.1, 0.15) is 52.0 Å². The lowest BCUT2D eigenvalue weighted by Crippen LogP contribution is -2.47. The quantitative estimate of drug-likeness (QED) is 0.861. The molecule has 0 saturated carbocycles. The Morgan fingerprint density at radius 1 is 1.24 bits per heavy atom. The zero-order valence-electron chi connectivity index (χ0n) is 13.6. The van der Waals surface area contributed by atoms with Gasteiger partial charge in [-0.3, -0.25) is 4.79 Å². The highest BCUT2D eigenvalue weighted by Crippen LogP contribution is 2.29. The standard InChI is InChI=1S/C18H28N2O/c1-4-5-14-10-12-20(13-11-14)17(21)18(2,3)15-6-8-16(19)9-7-15/h6-9,14H,4-5,10-13,19H2,1-3H3. The Balaban J connectivity index is 2.03. The third-order valence-electron chi connectivity index (χ3n) is 4.77. The topological polar surface area (TPSA) is 46.3 Å². The number of benzene rings is 1. The van der Waals surface area contributed by atoms with Crippen molar-refractivity contribution in [3.8, 4) is 0 Å². The number of likely N-dealkylation sites (tertiary alicyclic amines) is 1. The summed E-state index contributed by atoms with van der Waals surface area (Å²) in [5.74, 6) is 1.04. The molecule has 1 saturated heterocycles. The summed E-state index contributed by atoms with van der Waals surface area (Å²) in [7, 11) is 0. The summed E-state index contributed by atoms with van der Waals surface area (Å²) in [6, 6.07) is 7.68. The Morgan fingerprint density at radius 3 is 2.33 bits per heavy atom. The molecule has 1 aliphatic rings. The molecule has 0 bridgehead atoms. The van der Waals surface area contributed by atoms with Crippen LogP contribution < -0.4 is 5.73 Å². The Kier molecular flexibility index (Phi) is 4.92. The van der Waals surface area contributed by atoms with Crippen molar-refractivity contribution < 1.29 is 4.79 Å². The van der Waals surface area contributed by atoms with Crippen LogP contribution in [0.15, 0.2) is 24.3 Å². The summed E-state index contributed by atoms with van der Waals surface area (Å²) < 4.78 is 0. The van der Waals surface area contributed by atoms with E-state index in [1.54, 1.807) is 0 Å². The Morgan fingerprint density at radius 2 is 1.81 bits per heavy atom. The highest BCUT2D eigenvalue weighted by atomic mass is 16.2. The number of anilines is 1. The Labute approximate surface area is 128 Å². The molecule has 1 heterocycles. The Bertz CT molecular complexity index is 470. The van der Waals surface area contributed by atoms with Crippen molar-refractivity contribution >= 4 is 11.6 Å². The molecule has 116 valence electrons. The number of nitrogens with two attached hydrogens (primary N) is 1. The fraction of sp³-hybridized carbons (Fsp3) is 0.611. The molecule has 1 aliphatic heterocycles. The van der Waals surface area contributed by atoms with E-state index in [-0.39, 0.29) is 5.91 Å². The first-order valence-corrected chi connectivity index (χ1v) is 8.10. The molecule has 21 heavy (non-hydrogen) atoms. The zero-order chi connectivity index (χ0) is 15.5. The van der Waals surface area contributed by atoms with Crippen LogP contribution in [-0.2, 0) is 10.2 Å². The number of hydrogen-bond acceptors (Lipinski definition) is 2. The maximum absolute atomic E-state index is 12.9. The largest absolute Gasteiger partial charge is 0.399 e. The SMILES string of the molecule is CCCC1CCN(C(=O)C(C)(C)c2ccc(N)cc2)CC1. The van der Waals surface area contributed by atoms with Gasteiger partial charge in [0.15, 0.2) is 0 Å². The molecular weight excluding hydrogens is 260 g/mol. The predicted molar refractivity (Wildman–Crippen MR) is 88.1 cm³/mol. The van der Waals surface area contributed by atoms with Crippen molar-refractivity contribution in [3.05, 3.63) is 29.8 Å². The Hall–Kier alpha value is -1.51. The fourth-order valence-corrected chi connectivity index (χ4v) is 3.25. The van der Waals surface area contributed by atoms with Crippen LogP contribution in [0.2, 0.25) is 0 Å². The van der Waals surface area contributed by atoms with E-state index in [0.29, 0.717) is 0 Å². The van der Waals surface area contributed by atoms with Gasteiger partial charge in [0.1, 0.15) is 0 Å². The van der Waals surface area contributed by atoms with Gasteiger partial charge in [0, 0.05) is 18.8 Å². The molecular formula is C18H28N2O. The molecule has 0 spiro atoms. The van der Waals surface area contributed by atoms with Crippen LogP contribution in [0.4, 0.5) is 5.69 Å². The lowest BCUT2D eigenvalue weighted by molar-refractivity contribution is -0.137. The molecule has 1 aromatic rings.